The Morgan fingerprint density at radius 1 is 1.03 bits per heavy atom. The number of carbonyl (C=O) groups is 1. The van der Waals surface area contributed by atoms with E-state index in [1.54, 1.807) is 0 Å². The third-order valence-electron chi connectivity index (χ3n) is 4.68. The van der Waals surface area contributed by atoms with Crippen LogP contribution in [-0.4, -0.2) is 10.6 Å². The number of rotatable bonds is 5. The van der Waals surface area contributed by atoms with Crippen molar-refractivity contribution >= 4 is 11.7 Å². The first kappa shape index (κ1) is 20.5. The Kier molecular flexibility index (Phi) is 5.96. The normalized spacial score (nSPS) is 11.3. The van der Waals surface area contributed by atoms with Crippen LogP contribution in [0.4, 0.5) is 23.7 Å². The van der Waals surface area contributed by atoms with Gasteiger partial charge in [-0.3, -0.25) is 0 Å². The molecule has 29 heavy (non-hydrogen) atoms. The number of anilines is 1. The number of halogens is 3. The second kappa shape index (κ2) is 8.43. The molecule has 0 spiro atoms. The van der Waals surface area contributed by atoms with Gasteiger partial charge in [0.05, 0.1) is 17.8 Å². The van der Waals surface area contributed by atoms with Crippen LogP contribution in [0.1, 0.15) is 27.9 Å². The molecule has 0 atom stereocenters. The van der Waals surface area contributed by atoms with Crippen LogP contribution >= 0.6 is 0 Å². The molecule has 7 heteroatoms. The van der Waals surface area contributed by atoms with Crippen molar-refractivity contribution in [3.8, 4) is 0 Å². The molecule has 0 fully saturated rings. The molecule has 0 bridgehead atoms. The highest BCUT2D eigenvalue weighted by molar-refractivity contribution is 5.90. The Morgan fingerprint density at radius 2 is 1.79 bits per heavy atom. The van der Waals surface area contributed by atoms with Gasteiger partial charge in [-0.25, -0.2) is 4.79 Å². The van der Waals surface area contributed by atoms with Gasteiger partial charge < -0.3 is 15.2 Å². The van der Waals surface area contributed by atoms with E-state index in [1.165, 1.54) is 34.9 Å². The van der Waals surface area contributed by atoms with Crippen LogP contribution < -0.4 is 10.6 Å². The third kappa shape index (κ3) is 5.19. The fraction of sp³-hybridized carbons (Fsp3) is 0.227. The summed E-state index contributed by atoms with van der Waals surface area (Å²) in [7, 11) is 0. The quantitative estimate of drug-likeness (QED) is 0.583. The molecule has 0 saturated heterocycles. The maximum Gasteiger partial charge on any atom is 0.418 e. The molecular weight excluding hydrogens is 379 g/mol. The van der Waals surface area contributed by atoms with Gasteiger partial charge in [0.25, 0.3) is 0 Å². The fourth-order valence-electron chi connectivity index (χ4n) is 3.09. The smallest absolute Gasteiger partial charge is 0.345 e. The SMILES string of the molecule is Cc1ccc(C)c(Cn2cccc2CNC(=O)Nc2ccccc2C(F)(F)F)c1. The summed E-state index contributed by atoms with van der Waals surface area (Å²) in [5.41, 5.74) is 3.21. The van der Waals surface area contributed by atoms with Gasteiger partial charge in [0.2, 0.25) is 0 Å². The summed E-state index contributed by atoms with van der Waals surface area (Å²) in [6, 6.07) is 14.2. The number of benzene rings is 2. The van der Waals surface area contributed by atoms with E-state index in [-0.39, 0.29) is 12.2 Å². The first-order chi connectivity index (χ1) is 13.7. The summed E-state index contributed by atoms with van der Waals surface area (Å²) in [4.78, 5) is 12.2. The minimum absolute atomic E-state index is 0.192. The minimum atomic E-state index is -4.54. The predicted octanol–water partition coefficient (Wildman–Crippen LogP) is 5.49. The molecule has 0 aliphatic carbocycles. The van der Waals surface area contributed by atoms with Gasteiger partial charge in [0.1, 0.15) is 0 Å². The van der Waals surface area contributed by atoms with Gasteiger partial charge in [-0.15, -0.1) is 0 Å². The minimum Gasteiger partial charge on any atom is -0.345 e. The van der Waals surface area contributed by atoms with Crippen molar-refractivity contribution in [1.29, 1.82) is 0 Å². The number of aromatic nitrogens is 1. The number of hydrogen-bond donors (Lipinski definition) is 2. The van der Waals surface area contributed by atoms with Crippen LogP contribution in [0.3, 0.4) is 0 Å². The lowest BCUT2D eigenvalue weighted by atomic mass is 10.1. The Balaban J connectivity index is 1.65. The molecule has 0 aliphatic heterocycles. The van der Waals surface area contributed by atoms with Crippen LogP contribution in [0, 0.1) is 13.8 Å². The van der Waals surface area contributed by atoms with Crippen molar-refractivity contribution in [2.24, 2.45) is 0 Å². The van der Waals surface area contributed by atoms with Crippen LogP contribution in [0.15, 0.2) is 60.8 Å². The number of urea groups is 1. The molecule has 4 nitrogen and oxygen atoms in total. The maximum atomic E-state index is 13.1. The standard InChI is InChI=1S/C22H22F3N3O/c1-15-9-10-16(2)17(12-15)14-28-11-5-6-18(28)13-26-21(29)27-20-8-4-3-7-19(20)22(23,24)25/h3-12H,13-14H2,1-2H3,(H2,26,27,29). The van der Waals surface area contributed by atoms with E-state index in [2.05, 4.69) is 28.8 Å². The first-order valence-electron chi connectivity index (χ1n) is 9.15. The van der Waals surface area contributed by atoms with Crippen molar-refractivity contribution in [1.82, 2.24) is 9.88 Å². The average Bonchev–Trinajstić information content (AvgIpc) is 3.10. The summed E-state index contributed by atoms with van der Waals surface area (Å²) < 4.78 is 41.2. The number of nitrogens with one attached hydrogen (secondary N) is 2. The van der Waals surface area contributed by atoms with Crippen LogP contribution in [0.2, 0.25) is 0 Å². The second-order valence-corrected chi connectivity index (χ2v) is 6.91. The zero-order chi connectivity index (χ0) is 21.0. The van der Waals surface area contributed by atoms with Gasteiger partial charge >= 0.3 is 12.2 Å². The fourth-order valence-corrected chi connectivity index (χ4v) is 3.09. The number of alkyl halides is 3. The molecule has 0 unspecified atom stereocenters. The highest BCUT2D eigenvalue weighted by atomic mass is 19.4. The molecule has 152 valence electrons. The van der Waals surface area contributed by atoms with Crippen LogP contribution in [0.5, 0.6) is 0 Å². The molecule has 2 N–H and O–H groups in total. The zero-order valence-electron chi connectivity index (χ0n) is 16.2. The molecule has 1 aromatic heterocycles. The van der Waals surface area contributed by atoms with E-state index in [1.807, 2.05) is 36.7 Å². The second-order valence-electron chi connectivity index (χ2n) is 6.91. The highest BCUT2D eigenvalue weighted by Gasteiger charge is 2.33. The van der Waals surface area contributed by atoms with Crippen molar-refractivity contribution in [3.63, 3.8) is 0 Å². The van der Waals surface area contributed by atoms with E-state index >= 15 is 0 Å². The number of para-hydroxylation sites is 1. The molecular formula is C22H22F3N3O. The van der Waals surface area contributed by atoms with Crippen molar-refractivity contribution in [2.45, 2.75) is 33.1 Å². The molecule has 3 aromatic rings. The largest absolute Gasteiger partial charge is 0.418 e. The Morgan fingerprint density at radius 3 is 2.55 bits per heavy atom. The van der Waals surface area contributed by atoms with Crippen molar-refractivity contribution in [2.75, 3.05) is 5.32 Å². The lowest BCUT2D eigenvalue weighted by molar-refractivity contribution is -0.136. The van der Waals surface area contributed by atoms with E-state index in [0.29, 0.717) is 6.54 Å². The monoisotopic (exact) mass is 401 g/mol. The van der Waals surface area contributed by atoms with Crippen molar-refractivity contribution in [3.05, 3.63) is 88.7 Å². The number of nitrogens with zero attached hydrogens (tertiary/aromatic N) is 1. The topological polar surface area (TPSA) is 46.1 Å². The molecule has 1 heterocycles. The number of hydrogen-bond acceptors (Lipinski definition) is 1. The van der Waals surface area contributed by atoms with Gasteiger partial charge in [0, 0.05) is 18.4 Å². The molecule has 0 radical (unpaired) electrons. The summed E-state index contributed by atoms with van der Waals surface area (Å²) in [6.45, 7) is 4.92. The zero-order valence-corrected chi connectivity index (χ0v) is 16.2. The molecule has 2 amide bonds. The number of aryl methyl sites for hydroxylation is 2. The molecule has 2 aromatic carbocycles. The summed E-state index contributed by atoms with van der Waals surface area (Å²) in [5, 5.41) is 4.91. The lowest BCUT2D eigenvalue weighted by Crippen LogP contribution is -2.30. The third-order valence-corrected chi connectivity index (χ3v) is 4.68. The van der Waals surface area contributed by atoms with Gasteiger partial charge in [0.15, 0.2) is 0 Å². The Labute approximate surface area is 167 Å². The number of carbonyl (C=O) groups excluding carboxylic acids is 1. The maximum absolute atomic E-state index is 13.1. The molecule has 0 saturated carbocycles. The van der Waals surface area contributed by atoms with Gasteiger partial charge in [-0.1, -0.05) is 35.9 Å². The van der Waals surface area contributed by atoms with E-state index in [4.69, 9.17) is 0 Å². The number of amides is 2. The van der Waals surface area contributed by atoms with Gasteiger partial charge in [-0.05, 0) is 49.2 Å². The Bertz CT molecular complexity index is 1010. The van der Waals surface area contributed by atoms with E-state index in [9.17, 15) is 18.0 Å². The van der Waals surface area contributed by atoms with Crippen molar-refractivity contribution < 1.29 is 18.0 Å². The van der Waals surface area contributed by atoms with Crippen LogP contribution in [-0.2, 0) is 19.3 Å². The summed E-state index contributed by atoms with van der Waals surface area (Å²) in [6.07, 6.45) is -2.63. The van der Waals surface area contributed by atoms with E-state index in [0.717, 1.165) is 11.8 Å². The van der Waals surface area contributed by atoms with Crippen LogP contribution in [0.25, 0.3) is 0 Å². The predicted molar refractivity (Wildman–Crippen MR) is 107 cm³/mol. The summed E-state index contributed by atoms with van der Waals surface area (Å²) in [5.74, 6) is 0. The van der Waals surface area contributed by atoms with E-state index < -0.39 is 17.8 Å². The summed E-state index contributed by atoms with van der Waals surface area (Å²) >= 11 is 0. The lowest BCUT2D eigenvalue weighted by Gasteiger charge is -2.15. The highest BCUT2D eigenvalue weighted by Crippen LogP contribution is 2.34. The molecule has 0 aliphatic rings. The average molecular weight is 401 g/mol. The van der Waals surface area contributed by atoms with Gasteiger partial charge in [-0.2, -0.15) is 13.2 Å². The first-order valence-corrected chi connectivity index (χ1v) is 9.15. The molecule has 3 rings (SSSR count). The Hall–Kier alpha value is -3.22.